The summed E-state index contributed by atoms with van der Waals surface area (Å²) in [6, 6.07) is 9.61. The quantitative estimate of drug-likeness (QED) is 0.592. The molecule has 2 aromatic rings. The molecule has 1 aliphatic heterocycles. The van der Waals surface area contributed by atoms with Crippen LogP contribution >= 0.6 is 15.9 Å². The molecular weight excluding hydrogens is 386 g/mol. The number of amides is 1. The van der Waals surface area contributed by atoms with Crippen molar-refractivity contribution in [1.29, 1.82) is 0 Å². The minimum absolute atomic E-state index is 0.144. The van der Waals surface area contributed by atoms with Crippen LogP contribution in [0.1, 0.15) is 16.7 Å². The molecule has 0 saturated carbocycles. The van der Waals surface area contributed by atoms with Crippen molar-refractivity contribution < 1.29 is 14.3 Å². The van der Waals surface area contributed by atoms with Crippen molar-refractivity contribution in [3.05, 3.63) is 51.5 Å². The molecule has 0 aromatic heterocycles. The SMILES string of the molecule is Cc1cccc(C)c1NCC(=O)NN=Cc1cc2c(cc1Br)OCO2. The number of carbonyl (C=O) groups excluding carboxylic acids is 1. The summed E-state index contributed by atoms with van der Waals surface area (Å²) in [4.78, 5) is 12.0. The Morgan fingerprint density at radius 2 is 1.92 bits per heavy atom. The van der Waals surface area contributed by atoms with Crippen molar-refractivity contribution >= 4 is 33.7 Å². The van der Waals surface area contributed by atoms with Crippen LogP contribution in [0.4, 0.5) is 5.69 Å². The number of rotatable bonds is 5. The molecule has 0 bridgehead atoms. The molecule has 7 heteroatoms. The van der Waals surface area contributed by atoms with Crippen molar-refractivity contribution in [1.82, 2.24) is 5.43 Å². The Morgan fingerprint density at radius 3 is 2.64 bits per heavy atom. The summed E-state index contributed by atoms with van der Waals surface area (Å²) in [5, 5.41) is 7.14. The first-order valence-corrected chi connectivity index (χ1v) is 8.55. The van der Waals surface area contributed by atoms with Gasteiger partial charge >= 0.3 is 0 Å². The summed E-state index contributed by atoms with van der Waals surface area (Å²) in [7, 11) is 0. The van der Waals surface area contributed by atoms with Crippen LogP contribution in [0, 0.1) is 13.8 Å². The van der Waals surface area contributed by atoms with Gasteiger partial charge in [0.25, 0.3) is 5.91 Å². The molecule has 1 heterocycles. The van der Waals surface area contributed by atoms with Gasteiger partial charge in [0, 0.05) is 15.7 Å². The predicted molar refractivity (Wildman–Crippen MR) is 100 cm³/mol. The highest BCUT2D eigenvalue weighted by Crippen LogP contribution is 2.36. The summed E-state index contributed by atoms with van der Waals surface area (Å²) >= 11 is 3.44. The summed E-state index contributed by atoms with van der Waals surface area (Å²) in [5.41, 5.74) is 6.46. The van der Waals surface area contributed by atoms with Crippen molar-refractivity contribution in [2.24, 2.45) is 5.10 Å². The molecule has 6 nitrogen and oxygen atoms in total. The molecule has 2 aromatic carbocycles. The first-order chi connectivity index (χ1) is 12.0. The van der Waals surface area contributed by atoms with E-state index in [0.29, 0.717) is 11.5 Å². The number of halogens is 1. The van der Waals surface area contributed by atoms with E-state index in [9.17, 15) is 4.79 Å². The molecule has 3 rings (SSSR count). The van der Waals surface area contributed by atoms with E-state index in [-0.39, 0.29) is 19.2 Å². The van der Waals surface area contributed by atoms with Gasteiger partial charge in [0.05, 0.1) is 12.8 Å². The van der Waals surface area contributed by atoms with Crippen LogP contribution in [0.5, 0.6) is 11.5 Å². The number of ether oxygens (including phenoxy) is 2. The summed E-state index contributed by atoms with van der Waals surface area (Å²) in [6.45, 7) is 4.36. The molecule has 0 atom stereocenters. The molecule has 1 aliphatic rings. The van der Waals surface area contributed by atoms with E-state index < -0.39 is 0 Å². The molecular formula is C18H18BrN3O3. The maximum absolute atomic E-state index is 12.0. The van der Waals surface area contributed by atoms with Crippen LogP contribution in [0.15, 0.2) is 39.9 Å². The van der Waals surface area contributed by atoms with E-state index in [0.717, 1.165) is 26.9 Å². The Bertz CT molecular complexity index is 816. The number of carbonyl (C=O) groups is 1. The number of nitrogens with one attached hydrogen (secondary N) is 2. The number of nitrogens with zero attached hydrogens (tertiary/aromatic N) is 1. The summed E-state index contributed by atoms with van der Waals surface area (Å²) < 4.78 is 11.4. The second-order valence-corrected chi connectivity index (χ2v) is 6.49. The smallest absolute Gasteiger partial charge is 0.259 e. The first-order valence-electron chi connectivity index (χ1n) is 7.76. The van der Waals surface area contributed by atoms with Gasteiger partial charge in [-0.2, -0.15) is 5.10 Å². The van der Waals surface area contributed by atoms with E-state index >= 15 is 0 Å². The van der Waals surface area contributed by atoms with Crippen LogP contribution in [-0.4, -0.2) is 25.5 Å². The lowest BCUT2D eigenvalue weighted by atomic mass is 10.1. The van der Waals surface area contributed by atoms with Crippen molar-refractivity contribution in [3.8, 4) is 11.5 Å². The minimum atomic E-state index is -0.226. The average molecular weight is 404 g/mol. The number of anilines is 1. The lowest BCUT2D eigenvalue weighted by Crippen LogP contribution is -2.26. The molecule has 130 valence electrons. The average Bonchev–Trinajstić information content (AvgIpc) is 3.01. The fourth-order valence-corrected chi connectivity index (χ4v) is 2.93. The van der Waals surface area contributed by atoms with Crippen LogP contribution in [0.3, 0.4) is 0 Å². The van der Waals surface area contributed by atoms with Gasteiger partial charge < -0.3 is 14.8 Å². The zero-order valence-electron chi connectivity index (χ0n) is 13.9. The Labute approximate surface area is 154 Å². The summed E-state index contributed by atoms with van der Waals surface area (Å²) in [6.07, 6.45) is 1.56. The summed E-state index contributed by atoms with van der Waals surface area (Å²) in [5.74, 6) is 1.12. The second-order valence-electron chi connectivity index (χ2n) is 5.64. The molecule has 1 amide bonds. The molecule has 0 aliphatic carbocycles. The van der Waals surface area contributed by atoms with Crippen LogP contribution < -0.4 is 20.2 Å². The second kappa shape index (κ2) is 7.57. The van der Waals surface area contributed by atoms with Gasteiger partial charge in [-0.3, -0.25) is 4.79 Å². The number of hydrogen-bond donors (Lipinski definition) is 2. The van der Waals surface area contributed by atoms with E-state index in [4.69, 9.17) is 9.47 Å². The van der Waals surface area contributed by atoms with Crippen molar-refractivity contribution in [3.63, 3.8) is 0 Å². The van der Waals surface area contributed by atoms with Gasteiger partial charge in [-0.25, -0.2) is 5.43 Å². The molecule has 0 fully saturated rings. The number of para-hydroxylation sites is 1. The maximum Gasteiger partial charge on any atom is 0.259 e. The molecule has 0 unspecified atom stereocenters. The maximum atomic E-state index is 12.0. The predicted octanol–water partition coefficient (Wildman–Crippen LogP) is 3.36. The third-order valence-electron chi connectivity index (χ3n) is 3.79. The lowest BCUT2D eigenvalue weighted by Gasteiger charge is -2.11. The highest BCUT2D eigenvalue weighted by Gasteiger charge is 2.15. The van der Waals surface area contributed by atoms with E-state index in [2.05, 4.69) is 31.8 Å². The fraction of sp³-hybridized carbons (Fsp3) is 0.222. The third-order valence-corrected chi connectivity index (χ3v) is 4.48. The number of aryl methyl sites for hydroxylation is 2. The Morgan fingerprint density at radius 1 is 1.24 bits per heavy atom. The monoisotopic (exact) mass is 403 g/mol. The zero-order chi connectivity index (χ0) is 17.8. The number of hydrogen-bond acceptors (Lipinski definition) is 5. The number of fused-ring (bicyclic) bond motifs is 1. The highest BCUT2D eigenvalue weighted by molar-refractivity contribution is 9.10. The Kier molecular flexibility index (Phi) is 5.23. The molecule has 0 spiro atoms. The van der Waals surface area contributed by atoms with Gasteiger partial charge in [0.15, 0.2) is 11.5 Å². The first kappa shape index (κ1) is 17.3. The minimum Gasteiger partial charge on any atom is -0.454 e. The lowest BCUT2D eigenvalue weighted by molar-refractivity contribution is -0.119. The van der Waals surface area contributed by atoms with Gasteiger partial charge in [-0.1, -0.05) is 18.2 Å². The fourth-order valence-electron chi connectivity index (χ4n) is 2.51. The van der Waals surface area contributed by atoms with Crippen LogP contribution in [0.25, 0.3) is 0 Å². The molecule has 2 N–H and O–H groups in total. The third kappa shape index (κ3) is 4.11. The van der Waals surface area contributed by atoms with Crippen molar-refractivity contribution in [2.75, 3.05) is 18.7 Å². The highest BCUT2D eigenvalue weighted by atomic mass is 79.9. The molecule has 0 radical (unpaired) electrons. The van der Waals surface area contributed by atoms with Gasteiger partial charge in [0.1, 0.15) is 0 Å². The Balaban J connectivity index is 1.57. The zero-order valence-corrected chi connectivity index (χ0v) is 15.5. The largest absolute Gasteiger partial charge is 0.454 e. The van der Waals surface area contributed by atoms with E-state index in [1.165, 1.54) is 0 Å². The topological polar surface area (TPSA) is 72.0 Å². The van der Waals surface area contributed by atoms with Gasteiger partial charge in [0.2, 0.25) is 6.79 Å². The number of benzene rings is 2. The standard InChI is InChI=1S/C18H18BrN3O3/c1-11-4-3-5-12(2)18(11)20-9-17(23)22-21-8-13-6-15-16(7-14(13)19)25-10-24-15/h3-8,20H,9-10H2,1-2H3,(H,22,23). The van der Waals surface area contributed by atoms with E-state index in [1.807, 2.05) is 38.1 Å². The Hall–Kier alpha value is -2.54. The van der Waals surface area contributed by atoms with Crippen LogP contribution in [0.2, 0.25) is 0 Å². The normalized spacial score (nSPS) is 12.4. The van der Waals surface area contributed by atoms with E-state index in [1.54, 1.807) is 12.3 Å². The number of hydrazone groups is 1. The molecule has 25 heavy (non-hydrogen) atoms. The molecule has 0 saturated heterocycles. The van der Waals surface area contributed by atoms with Crippen molar-refractivity contribution in [2.45, 2.75) is 13.8 Å². The van der Waals surface area contributed by atoms with Crippen LogP contribution in [-0.2, 0) is 4.79 Å². The van der Waals surface area contributed by atoms with Gasteiger partial charge in [-0.15, -0.1) is 0 Å². The van der Waals surface area contributed by atoms with Gasteiger partial charge in [-0.05, 0) is 53.0 Å².